The average Bonchev–Trinajstić information content (AvgIpc) is 3.09. The molecule has 2 aliphatic heterocycles. The maximum Gasteiger partial charge on any atom is 0.417 e. The van der Waals surface area contributed by atoms with Gasteiger partial charge in [0.15, 0.2) is 0 Å². The number of hydrogen-bond acceptors (Lipinski definition) is 6. The fourth-order valence-electron chi connectivity index (χ4n) is 3.69. The topological polar surface area (TPSA) is 96.5 Å². The Kier molecular flexibility index (Phi) is 5.92. The molecule has 2 fully saturated rings. The molecule has 0 spiro atoms. The molecule has 1 aromatic carbocycles. The first-order chi connectivity index (χ1) is 12.7. The summed E-state index contributed by atoms with van der Waals surface area (Å²) in [4.78, 5) is 13.1. The first-order valence-electron chi connectivity index (χ1n) is 8.64. The molecule has 0 aromatic heterocycles. The maximum atomic E-state index is 13.1. The molecular weight excluding hydrogens is 387 g/mol. The monoisotopic (exact) mass is 407 g/mol. The van der Waals surface area contributed by atoms with E-state index >= 15 is 0 Å². The molecule has 2 saturated heterocycles. The number of alkyl halides is 3. The number of hydrogen-bond donors (Lipinski definition) is 3. The second-order valence-electron chi connectivity index (χ2n) is 6.93. The van der Waals surface area contributed by atoms with Crippen molar-refractivity contribution in [2.75, 3.05) is 26.2 Å². The Balaban J connectivity index is 1.83. The molecule has 2 heterocycles. The molecule has 2 aliphatic rings. The Hall–Kier alpha value is -1.46. The van der Waals surface area contributed by atoms with Gasteiger partial charge in [0, 0.05) is 18.0 Å². The van der Waals surface area contributed by atoms with Crippen LogP contribution in [0, 0.1) is 16.0 Å². The minimum absolute atomic E-state index is 0.0447. The summed E-state index contributed by atoms with van der Waals surface area (Å²) >= 11 is 5.68. The smallest absolute Gasteiger partial charge is 0.330 e. The zero-order valence-electron chi connectivity index (χ0n) is 14.4. The third-order valence-electron chi connectivity index (χ3n) is 5.18. The Labute approximate surface area is 159 Å². The maximum absolute atomic E-state index is 13.1. The molecule has 27 heavy (non-hydrogen) atoms. The van der Waals surface area contributed by atoms with E-state index < -0.39 is 30.1 Å². The van der Waals surface area contributed by atoms with Crippen molar-refractivity contribution in [2.45, 2.75) is 31.0 Å². The van der Waals surface area contributed by atoms with Crippen molar-refractivity contribution in [1.29, 1.82) is 0 Å². The summed E-state index contributed by atoms with van der Waals surface area (Å²) in [7, 11) is 0. The zero-order valence-corrected chi connectivity index (χ0v) is 15.1. The summed E-state index contributed by atoms with van der Waals surface area (Å²) in [6, 6.07) is 2.74. The predicted molar refractivity (Wildman–Crippen MR) is 93.6 cm³/mol. The normalized spacial score (nSPS) is 29.8. The van der Waals surface area contributed by atoms with Gasteiger partial charge in [-0.2, -0.15) is 13.2 Å². The average molecular weight is 408 g/mol. The lowest BCUT2D eigenvalue weighted by molar-refractivity contribution is -0.532. The minimum Gasteiger partial charge on any atom is -0.330 e. The number of nitrogens with one attached hydrogen (secondary N) is 2. The van der Waals surface area contributed by atoms with Gasteiger partial charge < -0.3 is 5.73 Å². The van der Waals surface area contributed by atoms with Crippen molar-refractivity contribution in [1.82, 2.24) is 15.5 Å². The molecule has 0 amide bonds. The van der Waals surface area contributed by atoms with Gasteiger partial charge in [0.25, 0.3) is 6.04 Å². The third-order valence-corrected chi connectivity index (χ3v) is 5.51. The molecule has 0 bridgehead atoms. The number of nitro groups is 1. The predicted octanol–water partition coefficient (Wildman–Crippen LogP) is 1.80. The molecule has 4 N–H and O–H groups in total. The van der Waals surface area contributed by atoms with Crippen LogP contribution in [0.25, 0.3) is 0 Å². The van der Waals surface area contributed by atoms with E-state index in [9.17, 15) is 23.3 Å². The number of benzene rings is 1. The molecule has 0 radical (unpaired) electrons. The molecule has 0 saturated carbocycles. The number of nitrogens with zero attached hydrogens (tertiary/aromatic N) is 2. The summed E-state index contributed by atoms with van der Waals surface area (Å²) in [5.41, 5.74) is 5.10. The van der Waals surface area contributed by atoms with Crippen LogP contribution in [0.5, 0.6) is 0 Å². The van der Waals surface area contributed by atoms with Crippen molar-refractivity contribution in [3.63, 3.8) is 0 Å². The van der Waals surface area contributed by atoms with Gasteiger partial charge in [0.05, 0.1) is 23.3 Å². The molecule has 150 valence electrons. The fraction of sp³-hybridized carbons (Fsp3) is 0.625. The first-order valence-corrected chi connectivity index (χ1v) is 9.02. The number of rotatable bonds is 4. The van der Waals surface area contributed by atoms with E-state index in [4.69, 9.17) is 17.3 Å². The lowest BCUT2D eigenvalue weighted by atomic mass is 10.0. The molecule has 3 rings (SSSR count). The highest BCUT2D eigenvalue weighted by molar-refractivity contribution is 6.31. The van der Waals surface area contributed by atoms with Crippen LogP contribution >= 0.6 is 11.6 Å². The lowest BCUT2D eigenvalue weighted by Crippen LogP contribution is -2.64. The van der Waals surface area contributed by atoms with E-state index in [1.54, 1.807) is 0 Å². The number of halogens is 4. The van der Waals surface area contributed by atoms with Gasteiger partial charge in [0.1, 0.15) is 6.17 Å². The van der Waals surface area contributed by atoms with E-state index in [0.717, 1.165) is 12.5 Å². The Morgan fingerprint density at radius 2 is 2.15 bits per heavy atom. The Bertz CT molecular complexity index is 705. The van der Waals surface area contributed by atoms with Crippen LogP contribution in [-0.2, 0) is 6.18 Å². The molecule has 11 heteroatoms. The van der Waals surface area contributed by atoms with Crippen molar-refractivity contribution >= 4 is 11.6 Å². The van der Waals surface area contributed by atoms with Crippen LogP contribution in [0.15, 0.2) is 18.2 Å². The minimum atomic E-state index is -4.58. The first kappa shape index (κ1) is 20.3. The van der Waals surface area contributed by atoms with Crippen LogP contribution in [0.2, 0.25) is 5.02 Å². The van der Waals surface area contributed by atoms with Crippen molar-refractivity contribution in [3.8, 4) is 0 Å². The van der Waals surface area contributed by atoms with Gasteiger partial charge in [-0.15, -0.1) is 0 Å². The van der Waals surface area contributed by atoms with Gasteiger partial charge in [0.2, 0.25) is 0 Å². The van der Waals surface area contributed by atoms with Crippen LogP contribution in [0.4, 0.5) is 13.2 Å². The molecule has 0 aliphatic carbocycles. The SMILES string of the molecule is NCC1CCN(C2NC(c3ccc(Cl)c(C(F)(F)F)c3)NCC2[N+](=O)[O-])C1. The van der Waals surface area contributed by atoms with Crippen LogP contribution in [0.3, 0.4) is 0 Å². The second-order valence-corrected chi connectivity index (χ2v) is 7.34. The Morgan fingerprint density at radius 1 is 1.41 bits per heavy atom. The van der Waals surface area contributed by atoms with Gasteiger partial charge in [-0.05, 0) is 36.6 Å². The molecule has 7 nitrogen and oxygen atoms in total. The summed E-state index contributed by atoms with van der Waals surface area (Å²) in [5, 5.41) is 17.1. The van der Waals surface area contributed by atoms with Gasteiger partial charge in [-0.3, -0.25) is 25.6 Å². The highest BCUT2D eigenvalue weighted by Crippen LogP contribution is 2.36. The fourth-order valence-corrected chi connectivity index (χ4v) is 3.92. The van der Waals surface area contributed by atoms with Crippen molar-refractivity contribution in [2.24, 2.45) is 11.7 Å². The van der Waals surface area contributed by atoms with E-state index in [1.165, 1.54) is 12.1 Å². The van der Waals surface area contributed by atoms with Gasteiger partial charge >= 0.3 is 6.18 Å². The summed E-state index contributed by atoms with van der Waals surface area (Å²) in [6.07, 6.45) is -4.97. The van der Waals surface area contributed by atoms with Crippen LogP contribution in [0.1, 0.15) is 23.7 Å². The number of nitrogens with two attached hydrogens (primary N) is 1. The van der Waals surface area contributed by atoms with Gasteiger partial charge in [-0.1, -0.05) is 17.7 Å². The summed E-state index contributed by atoms with van der Waals surface area (Å²) < 4.78 is 39.4. The quantitative estimate of drug-likeness (QED) is 0.520. The molecular formula is C16H21ClF3N5O2. The van der Waals surface area contributed by atoms with E-state index in [-0.39, 0.29) is 22.4 Å². The standard InChI is InChI=1S/C16H21ClF3N5O2/c17-12-2-1-10(5-11(12)16(18,19)20)14-22-7-13(25(26)27)15(23-14)24-4-3-9(6-21)8-24/h1-2,5,9,13-15,22-23H,3-4,6-8,21H2. The molecule has 4 atom stereocenters. The second kappa shape index (κ2) is 7.88. The summed E-state index contributed by atoms with van der Waals surface area (Å²) in [6.45, 7) is 1.83. The van der Waals surface area contributed by atoms with Crippen molar-refractivity contribution < 1.29 is 18.1 Å². The van der Waals surface area contributed by atoms with E-state index in [2.05, 4.69) is 10.6 Å². The van der Waals surface area contributed by atoms with E-state index in [1.807, 2.05) is 4.90 Å². The van der Waals surface area contributed by atoms with Gasteiger partial charge in [-0.25, -0.2) is 0 Å². The highest BCUT2D eigenvalue weighted by Gasteiger charge is 2.44. The number of likely N-dealkylation sites (tertiary alicyclic amines) is 1. The highest BCUT2D eigenvalue weighted by atomic mass is 35.5. The summed E-state index contributed by atoms with van der Waals surface area (Å²) in [5.74, 6) is 0.264. The third kappa shape index (κ3) is 4.35. The van der Waals surface area contributed by atoms with Crippen LogP contribution in [-0.4, -0.2) is 48.2 Å². The van der Waals surface area contributed by atoms with E-state index in [0.29, 0.717) is 25.2 Å². The van der Waals surface area contributed by atoms with Crippen LogP contribution < -0.4 is 16.4 Å². The molecule has 1 aromatic rings. The zero-order chi connectivity index (χ0) is 19.8. The largest absolute Gasteiger partial charge is 0.417 e. The Morgan fingerprint density at radius 3 is 2.74 bits per heavy atom. The van der Waals surface area contributed by atoms with Crippen molar-refractivity contribution in [3.05, 3.63) is 44.5 Å². The lowest BCUT2D eigenvalue weighted by Gasteiger charge is -2.39. The molecule has 4 unspecified atom stereocenters.